The van der Waals surface area contributed by atoms with Crippen LogP contribution in [0.4, 0.5) is 0 Å². The Bertz CT molecular complexity index is 1350. The summed E-state index contributed by atoms with van der Waals surface area (Å²) in [6.45, 7) is 0. The van der Waals surface area contributed by atoms with Gasteiger partial charge in [-0.3, -0.25) is 0 Å². The molecule has 0 atom stereocenters. The zero-order valence-electron chi connectivity index (χ0n) is 16.1. The molecule has 29 heavy (non-hydrogen) atoms. The maximum Gasteiger partial charge on any atom is -0.000706 e. The summed E-state index contributed by atoms with van der Waals surface area (Å²) in [7, 11) is 0. The third-order valence-corrected chi connectivity index (χ3v) is 6.13. The third kappa shape index (κ3) is 2.53. The van der Waals surface area contributed by atoms with E-state index in [2.05, 4.69) is 109 Å². The van der Waals surface area contributed by atoms with E-state index in [0.717, 1.165) is 6.42 Å². The summed E-state index contributed by atoms with van der Waals surface area (Å²) in [6, 6.07) is 39.7. The van der Waals surface area contributed by atoms with Gasteiger partial charge in [-0.1, -0.05) is 109 Å². The van der Waals surface area contributed by atoms with E-state index in [1.807, 2.05) is 0 Å². The van der Waals surface area contributed by atoms with Gasteiger partial charge in [-0.05, 0) is 61.7 Å². The van der Waals surface area contributed by atoms with Crippen molar-refractivity contribution in [3.8, 4) is 33.4 Å². The van der Waals surface area contributed by atoms with Gasteiger partial charge in [0.05, 0.1) is 0 Å². The van der Waals surface area contributed by atoms with E-state index in [4.69, 9.17) is 0 Å². The van der Waals surface area contributed by atoms with Crippen LogP contribution in [-0.4, -0.2) is 0 Å². The number of rotatable bonds is 2. The second-order valence-corrected chi connectivity index (χ2v) is 7.74. The summed E-state index contributed by atoms with van der Waals surface area (Å²) in [5, 5.41) is 2.59. The molecule has 1 aliphatic carbocycles. The van der Waals surface area contributed by atoms with E-state index in [-0.39, 0.29) is 0 Å². The highest BCUT2D eigenvalue weighted by Crippen LogP contribution is 2.46. The Labute approximate surface area is 171 Å². The Balaban J connectivity index is 1.69. The van der Waals surface area contributed by atoms with Crippen LogP contribution in [0.1, 0.15) is 11.1 Å². The molecule has 5 aromatic carbocycles. The van der Waals surface area contributed by atoms with E-state index in [9.17, 15) is 0 Å². The molecule has 0 N–H and O–H groups in total. The Morgan fingerprint density at radius 1 is 0.448 bits per heavy atom. The minimum absolute atomic E-state index is 0.994. The Hall–Kier alpha value is -3.64. The lowest BCUT2D eigenvalue weighted by Gasteiger charge is -2.17. The highest BCUT2D eigenvalue weighted by atomic mass is 14.3. The predicted octanol–water partition coefficient (Wildman–Crippen LogP) is 7.75. The van der Waals surface area contributed by atoms with Gasteiger partial charge in [0.15, 0.2) is 0 Å². The molecular weight excluding hydrogens is 348 g/mol. The zero-order chi connectivity index (χ0) is 19.2. The van der Waals surface area contributed by atoms with E-state index in [1.54, 1.807) is 0 Å². The van der Waals surface area contributed by atoms with Crippen LogP contribution in [0, 0.1) is 0 Å². The lowest BCUT2D eigenvalue weighted by Crippen LogP contribution is -1.93. The molecule has 0 aromatic heterocycles. The van der Waals surface area contributed by atoms with Crippen LogP contribution >= 0.6 is 0 Å². The van der Waals surface area contributed by atoms with E-state index >= 15 is 0 Å². The van der Waals surface area contributed by atoms with Crippen LogP contribution < -0.4 is 0 Å². The lowest BCUT2D eigenvalue weighted by atomic mass is 9.86. The molecule has 0 bridgehead atoms. The van der Waals surface area contributed by atoms with Crippen LogP contribution in [0.2, 0.25) is 0 Å². The average molecular weight is 368 g/mol. The third-order valence-electron chi connectivity index (χ3n) is 6.13. The van der Waals surface area contributed by atoms with Crippen molar-refractivity contribution in [1.82, 2.24) is 0 Å². The van der Waals surface area contributed by atoms with Crippen molar-refractivity contribution in [3.63, 3.8) is 0 Å². The second-order valence-electron chi connectivity index (χ2n) is 7.74. The summed E-state index contributed by atoms with van der Waals surface area (Å²) < 4.78 is 0. The second kappa shape index (κ2) is 6.46. The normalized spacial score (nSPS) is 12.0. The van der Waals surface area contributed by atoms with E-state index in [0.29, 0.717) is 0 Å². The van der Waals surface area contributed by atoms with Crippen LogP contribution in [0.15, 0.2) is 109 Å². The van der Waals surface area contributed by atoms with Gasteiger partial charge in [0.1, 0.15) is 0 Å². The summed E-state index contributed by atoms with van der Waals surface area (Å²) in [4.78, 5) is 0. The molecule has 0 radical (unpaired) electrons. The van der Waals surface area contributed by atoms with Crippen molar-refractivity contribution in [2.24, 2.45) is 0 Å². The molecule has 136 valence electrons. The molecule has 1 aliphatic rings. The summed E-state index contributed by atoms with van der Waals surface area (Å²) in [6.07, 6.45) is 0.994. The van der Waals surface area contributed by atoms with E-state index < -0.39 is 0 Å². The fraction of sp³-hybridized carbons (Fsp3) is 0.0345. The minimum Gasteiger partial charge on any atom is -0.0622 e. The molecule has 0 heteroatoms. The highest BCUT2D eigenvalue weighted by molar-refractivity contribution is 6.03. The van der Waals surface area contributed by atoms with Gasteiger partial charge in [-0.15, -0.1) is 0 Å². The van der Waals surface area contributed by atoms with Crippen molar-refractivity contribution in [3.05, 3.63) is 120 Å². The first-order chi connectivity index (χ1) is 14.4. The van der Waals surface area contributed by atoms with Crippen molar-refractivity contribution < 1.29 is 0 Å². The fourth-order valence-corrected chi connectivity index (χ4v) is 4.83. The number of hydrogen-bond acceptors (Lipinski definition) is 0. The standard InChI is InChI=1S/C29H20/c1-2-10-21(11-3-1)29-27(25-16-8-13-20-9-4-6-14-23(20)25)18-17-26-24-15-7-5-12-22(24)19-28(26)29/h1-18H,19H2. The largest absolute Gasteiger partial charge is 0.0622 e. The first kappa shape index (κ1) is 16.3. The van der Waals surface area contributed by atoms with Crippen LogP contribution in [0.5, 0.6) is 0 Å². The van der Waals surface area contributed by atoms with Gasteiger partial charge in [-0.25, -0.2) is 0 Å². The van der Waals surface area contributed by atoms with Gasteiger partial charge in [0.25, 0.3) is 0 Å². The Kier molecular flexibility index (Phi) is 3.64. The quantitative estimate of drug-likeness (QED) is 0.293. The van der Waals surface area contributed by atoms with Gasteiger partial charge in [0, 0.05) is 0 Å². The Morgan fingerprint density at radius 2 is 1.14 bits per heavy atom. The average Bonchev–Trinajstić information content (AvgIpc) is 3.17. The van der Waals surface area contributed by atoms with Crippen molar-refractivity contribution in [2.45, 2.75) is 6.42 Å². The smallest absolute Gasteiger partial charge is 0.000706 e. The molecule has 0 unspecified atom stereocenters. The molecular formula is C29H20. The van der Waals surface area contributed by atoms with Crippen molar-refractivity contribution in [2.75, 3.05) is 0 Å². The first-order valence-corrected chi connectivity index (χ1v) is 10.2. The predicted molar refractivity (Wildman–Crippen MR) is 123 cm³/mol. The molecule has 0 amide bonds. The van der Waals surface area contributed by atoms with Gasteiger partial charge in [-0.2, -0.15) is 0 Å². The van der Waals surface area contributed by atoms with Gasteiger partial charge >= 0.3 is 0 Å². The molecule has 0 fully saturated rings. The molecule has 0 heterocycles. The van der Waals surface area contributed by atoms with Gasteiger partial charge < -0.3 is 0 Å². The molecule has 0 nitrogen and oxygen atoms in total. The van der Waals surface area contributed by atoms with Gasteiger partial charge in [0.2, 0.25) is 0 Å². The SMILES string of the molecule is c1ccc(-c2c(-c3cccc4ccccc34)ccc3c2Cc2ccccc2-3)cc1. The number of hydrogen-bond donors (Lipinski definition) is 0. The topological polar surface area (TPSA) is 0 Å². The van der Waals surface area contributed by atoms with Crippen molar-refractivity contribution in [1.29, 1.82) is 0 Å². The lowest BCUT2D eigenvalue weighted by molar-refractivity contribution is 1.26. The molecule has 5 aromatic rings. The maximum absolute atomic E-state index is 2.32. The fourth-order valence-electron chi connectivity index (χ4n) is 4.83. The molecule has 0 aliphatic heterocycles. The summed E-state index contributed by atoms with van der Waals surface area (Å²) in [5.41, 5.74) is 10.9. The molecule has 0 spiro atoms. The monoisotopic (exact) mass is 368 g/mol. The minimum atomic E-state index is 0.994. The summed E-state index contributed by atoms with van der Waals surface area (Å²) >= 11 is 0. The zero-order valence-corrected chi connectivity index (χ0v) is 16.1. The highest BCUT2D eigenvalue weighted by Gasteiger charge is 2.24. The van der Waals surface area contributed by atoms with Crippen LogP contribution in [-0.2, 0) is 6.42 Å². The first-order valence-electron chi connectivity index (χ1n) is 10.2. The molecule has 0 saturated heterocycles. The Morgan fingerprint density at radius 3 is 2.07 bits per heavy atom. The van der Waals surface area contributed by atoms with Crippen molar-refractivity contribution >= 4 is 10.8 Å². The number of fused-ring (bicyclic) bond motifs is 4. The van der Waals surface area contributed by atoms with Crippen LogP contribution in [0.3, 0.4) is 0 Å². The number of benzene rings is 5. The maximum atomic E-state index is 2.32. The van der Waals surface area contributed by atoms with E-state index in [1.165, 1.54) is 55.3 Å². The van der Waals surface area contributed by atoms with Crippen LogP contribution in [0.25, 0.3) is 44.2 Å². The summed E-state index contributed by atoms with van der Waals surface area (Å²) in [5.74, 6) is 0. The molecule has 0 saturated carbocycles. The molecule has 6 rings (SSSR count).